The van der Waals surface area contributed by atoms with E-state index in [1.165, 1.54) is 12.1 Å². The third kappa shape index (κ3) is 3.81. The number of hydrogen-bond donors (Lipinski definition) is 3. The molecule has 3 N–H and O–H groups in total. The van der Waals surface area contributed by atoms with Gasteiger partial charge >= 0.3 is 0 Å². The van der Waals surface area contributed by atoms with E-state index in [2.05, 4.69) is 16.0 Å². The van der Waals surface area contributed by atoms with Crippen LogP contribution in [0, 0.1) is 5.82 Å². The van der Waals surface area contributed by atoms with E-state index in [4.69, 9.17) is 23.8 Å². The van der Waals surface area contributed by atoms with E-state index in [0.717, 1.165) is 5.56 Å². The van der Waals surface area contributed by atoms with Crippen molar-refractivity contribution < 1.29 is 9.18 Å². The molecule has 1 atom stereocenters. The number of thiocarbonyl (C=S) groups is 1. The molecule has 128 valence electrons. The second-order valence-electron chi connectivity index (χ2n) is 5.56. The molecular weight excluding hydrogens is 361 g/mol. The fourth-order valence-corrected chi connectivity index (χ4v) is 3.11. The van der Waals surface area contributed by atoms with Crippen molar-refractivity contribution in [2.24, 2.45) is 0 Å². The van der Waals surface area contributed by atoms with Gasteiger partial charge in [0.15, 0.2) is 5.11 Å². The number of anilines is 1. The van der Waals surface area contributed by atoms with E-state index in [1.807, 2.05) is 0 Å². The second kappa shape index (κ2) is 7.21. The first-order valence-corrected chi connectivity index (χ1v) is 8.34. The molecule has 0 radical (unpaired) electrons. The van der Waals surface area contributed by atoms with Gasteiger partial charge in [0.05, 0.1) is 22.3 Å². The summed E-state index contributed by atoms with van der Waals surface area (Å²) in [5, 5.41) is 9.67. The lowest BCUT2D eigenvalue weighted by molar-refractivity contribution is -0.113. The zero-order chi connectivity index (χ0) is 18.0. The minimum absolute atomic E-state index is 0.317. The Labute approximate surface area is 155 Å². The van der Waals surface area contributed by atoms with Crippen LogP contribution in [0.15, 0.2) is 59.8 Å². The minimum Gasteiger partial charge on any atom is -0.351 e. The van der Waals surface area contributed by atoms with Crippen LogP contribution in [-0.2, 0) is 4.79 Å². The van der Waals surface area contributed by atoms with E-state index < -0.39 is 6.04 Å². The summed E-state index contributed by atoms with van der Waals surface area (Å²) < 4.78 is 13.2. The second-order valence-corrected chi connectivity index (χ2v) is 6.37. The Morgan fingerprint density at radius 3 is 2.56 bits per heavy atom. The Kier molecular flexibility index (Phi) is 5.01. The molecule has 0 unspecified atom stereocenters. The molecule has 0 fully saturated rings. The summed E-state index contributed by atoms with van der Waals surface area (Å²) in [6.07, 6.45) is 0. The van der Waals surface area contributed by atoms with Crippen molar-refractivity contribution in [2.45, 2.75) is 13.0 Å². The van der Waals surface area contributed by atoms with Crippen LogP contribution >= 0.6 is 23.8 Å². The summed E-state index contributed by atoms with van der Waals surface area (Å²) in [6, 6.07) is 12.4. The highest BCUT2D eigenvalue weighted by atomic mass is 35.5. The lowest BCUT2D eigenvalue weighted by Crippen LogP contribution is -2.45. The maximum atomic E-state index is 13.2. The van der Waals surface area contributed by atoms with Gasteiger partial charge in [-0.25, -0.2) is 4.39 Å². The summed E-state index contributed by atoms with van der Waals surface area (Å²) >= 11 is 11.3. The van der Waals surface area contributed by atoms with Gasteiger partial charge in [-0.2, -0.15) is 0 Å². The highest BCUT2D eigenvalue weighted by Gasteiger charge is 2.30. The number of rotatable bonds is 3. The smallest absolute Gasteiger partial charge is 0.255 e. The molecule has 1 aliphatic rings. The summed E-state index contributed by atoms with van der Waals surface area (Å²) in [7, 11) is 0. The zero-order valence-electron chi connectivity index (χ0n) is 13.3. The molecule has 0 bridgehead atoms. The van der Waals surface area contributed by atoms with Crippen LogP contribution in [0.4, 0.5) is 10.1 Å². The third-order valence-electron chi connectivity index (χ3n) is 3.84. The van der Waals surface area contributed by atoms with Crippen LogP contribution in [0.2, 0.25) is 5.02 Å². The average Bonchev–Trinajstić information content (AvgIpc) is 2.57. The lowest BCUT2D eigenvalue weighted by Gasteiger charge is -2.30. The first-order valence-electron chi connectivity index (χ1n) is 7.55. The first-order chi connectivity index (χ1) is 12.0. The molecule has 25 heavy (non-hydrogen) atoms. The van der Waals surface area contributed by atoms with E-state index in [9.17, 15) is 9.18 Å². The van der Waals surface area contributed by atoms with E-state index >= 15 is 0 Å². The van der Waals surface area contributed by atoms with Gasteiger partial charge in [-0.1, -0.05) is 35.9 Å². The molecule has 0 aliphatic carbocycles. The van der Waals surface area contributed by atoms with Crippen molar-refractivity contribution in [2.75, 3.05) is 5.32 Å². The fraction of sp³-hybridized carbons (Fsp3) is 0.111. The van der Waals surface area contributed by atoms with E-state index in [1.54, 1.807) is 43.3 Å². The molecule has 2 aromatic carbocycles. The molecular formula is C18H15ClFN3OS. The molecule has 0 saturated heterocycles. The number of hydrogen-bond acceptors (Lipinski definition) is 2. The highest BCUT2D eigenvalue weighted by Crippen LogP contribution is 2.29. The lowest BCUT2D eigenvalue weighted by atomic mass is 9.95. The average molecular weight is 376 g/mol. The molecule has 1 aliphatic heterocycles. The number of benzene rings is 2. The number of nitrogens with one attached hydrogen (secondary N) is 3. The number of carbonyl (C=O) groups excluding carboxylic acids is 1. The molecule has 1 amide bonds. The van der Waals surface area contributed by atoms with Gasteiger partial charge in [-0.15, -0.1) is 0 Å². The quantitative estimate of drug-likeness (QED) is 0.712. The topological polar surface area (TPSA) is 53.2 Å². The monoisotopic (exact) mass is 375 g/mol. The van der Waals surface area contributed by atoms with Crippen LogP contribution < -0.4 is 16.0 Å². The van der Waals surface area contributed by atoms with Crippen molar-refractivity contribution in [3.63, 3.8) is 0 Å². The maximum Gasteiger partial charge on any atom is 0.255 e. The van der Waals surface area contributed by atoms with Crippen molar-refractivity contribution in [3.05, 3.63) is 76.2 Å². The Balaban J connectivity index is 1.96. The van der Waals surface area contributed by atoms with Gasteiger partial charge in [-0.3, -0.25) is 4.79 Å². The predicted molar refractivity (Wildman–Crippen MR) is 101 cm³/mol. The molecule has 0 saturated carbocycles. The number of allylic oxidation sites excluding steroid dienone is 1. The summed E-state index contributed by atoms with van der Waals surface area (Å²) in [4.78, 5) is 12.9. The molecule has 7 heteroatoms. The SMILES string of the molecule is CC1=C(C(=O)Nc2ccccc2Cl)[C@H](c2ccc(F)cc2)NC(=S)N1. The summed E-state index contributed by atoms with van der Waals surface area (Å²) in [6.45, 7) is 1.77. The summed E-state index contributed by atoms with van der Waals surface area (Å²) in [5.41, 5.74) is 2.33. The molecule has 0 aromatic heterocycles. The number of para-hydroxylation sites is 1. The largest absolute Gasteiger partial charge is 0.351 e. The van der Waals surface area contributed by atoms with Crippen LogP contribution in [-0.4, -0.2) is 11.0 Å². The molecule has 4 nitrogen and oxygen atoms in total. The van der Waals surface area contributed by atoms with Gasteiger partial charge in [0.25, 0.3) is 5.91 Å². The first kappa shape index (κ1) is 17.4. The third-order valence-corrected chi connectivity index (χ3v) is 4.39. The van der Waals surface area contributed by atoms with Gasteiger partial charge < -0.3 is 16.0 Å². The van der Waals surface area contributed by atoms with Crippen LogP contribution in [0.25, 0.3) is 0 Å². The summed E-state index contributed by atoms with van der Waals surface area (Å²) in [5.74, 6) is -0.662. The van der Waals surface area contributed by atoms with E-state index in [0.29, 0.717) is 27.1 Å². The maximum absolute atomic E-state index is 13.2. The minimum atomic E-state index is -0.489. The van der Waals surface area contributed by atoms with Gasteiger partial charge in [0.2, 0.25) is 0 Å². The zero-order valence-corrected chi connectivity index (χ0v) is 14.8. The molecule has 2 aromatic rings. The van der Waals surface area contributed by atoms with E-state index in [-0.39, 0.29) is 11.7 Å². The Morgan fingerprint density at radius 1 is 1.20 bits per heavy atom. The molecule has 3 rings (SSSR count). The molecule has 0 spiro atoms. The number of amides is 1. The van der Waals surface area contributed by atoms with Crippen LogP contribution in [0.1, 0.15) is 18.5 Å². The normalized spacial score (nSPS) is 16.9. The van der Waals surface area contributed by atoms with Gasteiger partial charge in [-0.05, 0) is 49.0 Å². The van der Waals surface area contributed by atoms with Crippen LogP contribution in [0.5, 0.6) is 0 Å². The van der Waals surface area contributed by atoms with Crippen molar-refractivity contribution in [3.8, 4) is 0 Å². The number of carbonyl (C=O) groups is 1. The standard InChI is InChI=1S/C18H15ClFN3OS/c1-10-15(17(24)22-14-5-3-2-4-13(14)19)16(23-18(25)21-10)11-6-8-12(20)9-7-11/h2-9,16H,1H3,(H,22,24)(H2,21,23,25)/t16-/m0/s1. The number of halogens is 2. The van der Waals surface area contributed by atoms with Crippen molar-refractivity contribution in [1.29, 1.82) is 0 Å². The van der Waals surface area contributed by atoms with Crippen LogP contribution in [0.3, 0.4) is 0 Å². The van der Waals surface area contributed by atoms with Gasteiger partial charge in [0.1, 0.15) is 5.82 Å². The van der Waals surface area contributed by atoms with Gasteiger partial charge in [0, 0.05) is 5.70 Å². The highest BCUT2D eigenvalue weighted by molar-refractivity contribution is 7.80. The Morgan fingerprint density at radius 2 is 1.88 bits per heavy atom. The Bertz CT molecular complexity index is 867. The molecule has 1 heterocycles. The predicted octanol–water partition coefficient (Wildman–Crippen LogP) is 3.91. The van der Waals surface area contributed by atoms with Crippen molar-refractivity contribution in [1.82, 2.24) is 10.6 Å². The fourth-order valence-electron chi connectivity index (χ4n) is 2.65. The Hall–Kier alpha value is -2.44. The van der Waals surface area contributed by atoms with Crippen molar-refractivity contribution >= 4 is 40.5 Å².